The Balaban J connectivity index is 1.71. The molecular weight excluding hydrogens is 170 g/mol. The molecule has 0 spiro atoms. The summed E-state index contributed by atoms with van der Waals surface area (Å²) in [6.45, 7) is 3.99. The molecule has 2 saturated heterocycles. The van der Waals surface area contributed by atoms with Crippen molar-refractivity contribution in [1.29, 1.82) is 0 Å². The van der Waals surface area contributed by atoms with Crippen LogP contribution in [0.25, 0.3) is 0 Å². The Morgan fingerprint density at radius 3 is 2.92 bits per heavy atom. The van der Waals surface area contributed by atoms with Crippen LogP contribution in [0, 0.1) is 0 Å². The third-order valence-electron chi connectivity index (χ3n) is 2.68. The van der Waals surface area contributed by atoms with Crippen molar-refractivity contribution in [3.63, 3.8) is 0 Å². The summed E-state index contributed by atoms with van der Waals surface area (Å²) in [5.74, 6) is 0. The van der Waals surface area contributed by atoms with Crippen LogP contribution < -0.4 is 0 Å². The maximum Gasteiger partial charge on any atom is 0.147 e. The lowest BCUT2D eigenvalue weighted by molar-refractivity contribution is -0.143. The van der Waals surface area contributed by atoms with Crippen molar-refractivity contribution < 1.29 is 14.6 Å². The van der Waals surface area contributed by atoms with E-state index in [9.17, 15) is 5.11 Å². The lowest BCUT2D eigenvalue weighted by atomic mass is 10.2. The predicted molar refractivity (Wildman–Crippen MR) is 47.4 cm³/mol. The monoisotopic (exact) mass is 187 g/mol. The smallest absolute Gasteiger partial charge is 0.147 e. The first kappa shape index (κ1) is 9.40. The van der Waals surface area contributed by atoms with Gasteiger partial charge >= 0.3 is 0 Å². The maximum absolute atomic E-state index is 9.32. The molecule has 4 nitrogen and oxygen atoms in total. The van der Waals surface area contributed by atoms with E-state index in [-0.39, 0.29) is 6.10 Å². The Labute approximate surface area is 78.4 Å². The van der Waals surface area contributed by atoms with E-state index in [2.05, 4.69) is 4.90 Å². The van der Waals surface area contributed by atoms with Crippen LogP contribution in [0.15, 0.2) is 0 Å². The van der Waals surface area contributed by atoms with Gasteiger partial charge in [-0.15, -0.1) is 0 Å². The number of aliphatic hydroxyl groups excluding tert-OH is 1. The molecule has 0 aromatic carbocycles. The van der Waals surface area contributed by atoms with Gasteiger partial charge in [-0.25, -0.2) is 0 Å². The molecule has 0 aliphatic carbocycles. The molecule has 2 aliphatic heterocycles. The van der Waals surface area contributed by atoms with E-state index in [0.29, 0.717) is 12.9 Å². The third kappa shape index (κ3) is 2.64. The van der Waals surface area contributed by atoms with E-state index in [1.807, 2.05) is 0 Å². The largest absolute Gasteiger partial charge is 0.392 e. The molecule has 2 rings (SSSR count). The molecule has 2 atom stereocenters. The van der Waals surface area contributed by atoms with E-state index in [1.54, 1.807) is 0 Å². The van der Waals surface area contributed by atoms with Gasteiger partial charge in [-0.2, -0.15) is 0 Å². The second-order valence-corrected chi connectivity index (χ2v) is 3.81. The molecule has 0 radical (unpaired) electrons. The van der Waals surface area contributed by atoms with Gasteiger partial charge in [0.1, 0.15) is 6.79 Å². The first-order valence-corrected chi connectivity index (χ1v) is 4.94. The van der Waals surface area contributed by atoms with Gasteiger partial charge in [0.05, 0.1) is 18.8 Å². The Morgan fingerprint density at radius 1 is 1.38 bits per heavy atom. The molecule has 13 heavy (non-hydrogen) atoms. The fourth-order valence-corrected chi connectivity index (χ4v) is 1.91. The minimum Gasteiger partial charge on any atom is -0.392 e. The van der Waals surface area contributed by atoms with Gasteiger partial charge < -0.3 is 14.6 Å². The highest BCUT2D eigenvalue weighted by molar-refractivity contribution is 4.77. The highest BCUT2D eigenvalue weighted by atomic mass is 16.7. The summed E-state index contributed by atoms with van der Waals surface area (Å²) in [6, 6.07) is 0. The minimum absolute atomic E-state index is 0.125. The van der Waals surface area contributed by atoms with Gasteiger partial charge in [-0.1, -0.05) is 0 Å². The van der Waals surface area contributed by atoms with Crippen molar-refractivity contribution >= 4 is 0 Å². The fraction of sp³-hybridized carbons (Fsp3) is 1.00. The summed E-state index contributed by atoms with van der Waals surface area (Å²) < 4.78 is 10.5. The number of likely N-dealkylation sites (tertiary alicyclic amines) is 1. The van der Waals surface area contributed by atoms with Gasteiger partial charge in [-0.3, -0.25) is 4.90 Å². The van der Waals surface area contributed by atoms with Gasteiger partial charge in [0.15, 0.2) is 0 Å². The van der Waals surface area contributed by atoms with Crippen LogP contribution in [-0.2, 0) is 9.47 Å². The van der Waals surface area contributed by atoms with Crippen molar-refractivity contribution in [2.45, 2.75) is 25.0 Å². The molecule has 2 fully saturated rings. The van der Waals surface area contributed by atoms with Crippen molar-refractivity contribution in [2.75, 3.05) is 33.0 Å². The summed E-state index contributed by atoms with van der Waals surface area (Å²) in [4.78, 5) is 2.26. The summed E-state index contributed by atoms with van der Waals surface area (Å²) in [7, 11) is 0. The Kier molecular flexibility index (Phi) is 3.16. The first-order valence-electron chi connectivity index (χ1n) is 4.94. The third-order valence-corrected chi connectivity index (χ3v) is 2.68. The number of β-amino-alcohol motifs (C(OH)–C–C–N with tert-alkyl or cyclic N) is 1. The van der Waals surface area contributed by atoms with Gasteiger partial charge in [0, 0.05) is 19.6 Å². The van der Waals surface area contributed by atoms with Crippen LogP contribution in [0.4, 0.5) is 0 Å². The lowest BCUT2D eigenvalue weighted by Crippen LogP contribution is -2.36. The highest BCUT2D eigenvalue weighted by Crippen LogP contribution is 2.13. The molecule has 0 amide bonds. The van der Waals surface area contributed by atoms with Crippen molar-refractivity contribution in [1.82, 2.24) is 4.90 Å². The van der Waals surface area contributed by atoms with Crippen molar-refractivity contribution in [3.8, 4) is 0 Å². The molecule has 4 heteroatoms. The van der Waals surface area contributed by atoms with Gasteiger partial charge in [-0.05, 0) is 12.8 Å². The molecule has 0 aromatic heterocycles. The number of hydrogen-bond donors (Lipinski definition) is 1. The normalized spacial score (nSPS) is 36.7. The molecule has 1 N–H and O–H groups in total. The Bertz CT molecular complexity index is 156. The summed E-state index contributed by atoms with van der Waals surface area (Å²) in [5.41, 5.74) is 0. The summed E-state index contributed by atoms with van der Waals surface area (Å²) in [5, 5.41) is 9.32. The molecule has 2 heterocycles. The number of nitrogens with zero attached hydrogens (tertiary/aromatic N) is 1. The Hall–Kier alpha value is -0.160. The molecule has 1 unspecified atom stereocenters. The second-order valence-electron chi connectivity index (χ2n) is 3.81. The van der Waals surface area contributed by atoms with Crippen LogP contribution in [0.2, 0.25) is 0 Å². The minimum atomic E-state index is -0.125. The number of rotatable bonds is 2. The molecule has 76 valence electrons. The molecule has 0 aromatic rings. The molecule has 0 bridgehead atoms. The number of aliphatic hydroxyl groups is 1. The van der Waals surface area contributed by atoms with E-state index in [4.69, 9.17) is 9.47 Å². The number of hydrogen-bond acceptors (Lipinski definition) is 4. The molecular formula is C9H17NO3. The zero-order valence-corrected chi connectivity index (χ0v) is 7.82. The van der Waals surface area contributed by atoms with E-state index in [0.717, 1.165) is 39.1 Å². The van der Waals surface area contributed by atoms with Gasteiger partial charge in [0.25, 0.3) is 0 Å². The molecule has 0 saturated carbocycles. The van der Waals surface area contributed by atoms with E-state index >= 15 is 0 Å². The summed E-state index contributed by atoms with van der Waals surface area (Å²) >= 11 is 0. The highest BCUT2D eigenvalue weighted by Gasteiger charge is 2.24. The average Bonchev–Trinajstić information content (AvgIpc) is 2.53. The van der Waals surface area contributed by atoms with Gasteiger partial charge in [0.2, 0.25) is 0 Å². The second kappa shape index (κ2) is 4.37. The summed E-state index contributed by atoms with van der Waals surface area (Å²) in [6.07, 6.45) is 2.06. The molecule has 2 aliphatic rings. The van der Waals surface area contributed by atoms with Crippen LogP contribution in [-0.4, -0.2) is 55.2 Å². The van der Waals surface area contributed by atoms with E-state index < -0.39 is 0 Å². The zero-order chi connectivity index (χ0) is 9.10. The SMILES string of the molecule is O[C@@H]1CCN(CC2CCOCO2)C1. The maximum atomic E-state index is 9.32. The quantitative estimate of drug-likeness (QED) is 0.651. The number of ether oxygens (including phenoxy) is 2. The van der Waals surface area contributed by atoms with E-state index in [1.165, 1.54) is 0 Å². The standard InChI is InChI=1S/C9H17NO3/c11-8-1-3-10(5-8)6-9-2-4-12-7-13-9/h8-9,11H,1-7H2/t8-,9?/m1/s1. The van der Waals surface area contributed by atoms with Crippen molar-refractivity contribution in [3.05, 3.63) is 0 Å². The first-order chi connectivity index (χ1) is 6.34. The predicted octanol–water partition coefficient (Wildman–Crippen LogP) is -0.184. The topological polar surface area (TPSA) is 41.9 Å². The van der Waals surface area contributed by atoms with Crippen LogP contribution in [0.3, 0.4) is 0 Å². The lowest BCUT2D eigenvalue weighted by Gasteiger charge is -2.26. The fourth-order valence-electron chi connectivity index (χ4n) is 1.91. The van der Waals surface area contributed by atoms with Crippen LogP contribution >= 0.6 is 0 Å². The van der Waals surface area contributed by atoms with Crippen molar-refractivity contribution in [2.24, 2.45) is 0 Å². The van der Waals surface area contributed by atoms with Crippen LogP contribution in [0.5, 0.6) is 0 Å². The zero-order valence-electron chi connectivity index (χ0n) is 7.82. The average molecular weight is 187 g/mol. The Morgan fingerprint density at radius 2 is 2.31 bits per heavy atom. The van der Waals surface area contributed by atoms with Crippen LogP contribution in [0.1, 0.15) is 12.8 Å².